The number of ketones is 1. The lowest BCUT2D eigenvalue weighted by atomic mass is 9.96. The largest absolute Gasteiger partial charge is 0.503 e. The van der Waals surface area contributed by atoms with Gasteiger partial charge in [-0.15, -0.1) is 0 Å². The number of carbonyl (C=O) groups is 2. The van der Waals surface area contributed by atoms with Crippen LogP contribution in [0.4, 0.5) is 10.1 Å². The van der Waals surface area contributed by atoms with Crippen molar-refractivity contribution < 1.29 is 19.1 Å². The third-order valence-electron chi connectivity index (χ3n) is 3.89. The highest BCUT2D eigenvalue weighted by molar-refractivity contribution is 6.30. The maximum absolute atomic E-state index is 14.2. The van der Waals surface area contributed by atoms with Gasteiger partial charge in [-0.25, -0.2) is 4.39 Å². The fraction of sp³-hybridized carbons (Fsp3) is 0.111. The molecule has 0 fully saturated rings. The van der Waals surface area contributed by atoms with E-state index in [1.165, 1.54) is 25.1 Å². The van der Waals surface area contributed by atoms with E-state index in [9.17, 15) is 19.1 Å². The molecule has 1 N–H and O–H groups in total. The number of benzene rings is 2. The van der Waals surface area contributed by atoms with Gasteiger partial charge in [0.15, 0.2) is 11.5 Å². The van der Waals surface area contributed by atoms with Crippen molar-refractivity contribution in [3.63, 3.8) is 0 Å². The van der Waals surface area contributed by atoms with Crippen LogP contribution >= 0.6 is 11.6 Å². The summed E-state index contributed by atoms with van der Waals surface area (Å²) < 4.78 is 14.2. The minimum Gasteiger partial charge on any atom is -0.503 e. The number of hydrogen-bond acceptors (Lipinski definition) is 3. The molecule has 1 aliphatic rings. The lowest BCUT2D eigenvalue weighted by Crippen LogP contribution is -2.31. The predicted molar refractivity (Wildman–Crippen MR) is 88.4 cm³/mol. The zero-order valence-corrected chi connectivity index (χ0v) is 13.4. The number of rotatable bonds is 3. The van der Waals surface area contributed by atoms with Gasteiger partial charge in [0, 0.05) is 5.02 Å². The molecule has 1 heterocycles. The summed E-state index contributed by atoms with van der Waals surface area (Å²) in [5.74, 6) is -2.56. The number of para-hydroxylation sites is 1. The first-order valence-electron chi connectivity index (χ1n) is 7.19. The van der Waals surface area contributed by atoms with Gasteiger partial charge in [0.2, 0.25) is 0 Å². The number of halogens is 2. The van der Waals surface area contributed by atoms with Gasteiger partial charge in [0.25, 0.3) is 5.91 Å². The van der Waals surface area contributed by atoms with Crippen molar-refractivity contribution in [1.29, 1.82) is 0 Å². The molecule has 0 aliphatic carbocycles. The fourth-order valence-electron chi connectivity index (χ4n) is 2.82. The normalized spacial score (nSPS) is 17.5. The summed E-state index contributed by atoms with van der Waals surface area (Å²) >= 11 is 5.88. The molecule has 0 saturated carbocycles. The van der Waals surface area contributed by atoms with Gasteiger partial charge in [0.1, 0.15) is 5.82 Å². The molecular formula is C18H13ClFNO3. The van der Waals surface area contributed by atoms with E-state index in [1.54, 1.807) is 30.3 Å². The molecule has 0 spiro atoms. The van der Waals surface area contributed by atoms with Crippen LogP contribution in [-0.4, -0.2) is 16.8 Å². The first kappa shape index (κ1) is 16.2. The predicted octanol–water partition coefficient (Wildman–Crippen LogP) is 3.97. The molecular weight excluding hydrogens is 333 g/mol. The van der Waals surface area contributed by atoms with Crippen molar-refractivity contribution in [2.24, 2.45) is 0 Å². The zero-order chi connectivity index (χ0) is 17.4. The quantitative estimate of drug-likeness (QED) is 0.915. The number of amides is 1. The molecule has 2 aromatic rings. The average Bonchev–Trinajstić information content (AvgIpc) is 2.81. The van der Waals surface area contributed by atoms with Gasteiger partial charge >= 0.3 is 0 Å². The molecule has 122 valence electrons. The first-order chi connectivity index (χ1) is 11.4. The monoisotopic (exact) mass is 345 g/mol. The molecule has 3 rings (SSSR count). The topological polar surface area (TPSA) is 57.6 Å². The number of carbonyl (C=O) groups excluding carboxylic acids is 2. The van der Waals surface area contributed by atoms with E-state index in [0.29, 0.717) is 10.6 Å². The van der Waals surface area contributed by atoms with E-state index in [0.717, 1.165) is 4.90 Å². The Morgan fingerprint density at radius 1 is 1.17 bits per heavy atom. The van der Waals surface area contributed by atoms with Crippen molar-refractivity contribution in [3.8, 4) is 0 Å². The summed E-state index contributed by atoms with van der Waals surface area (Å²) in [7, 11) is 0. The number of hydrogen-bond donors (Lipinski definition) is 1. The number of Topliss-reactive ketones (excluding diaryl/α,β-unsaturated/α-hetero) is 1. The lowest BCUT2D eigenvalue weighted by molar-refractivity contribution is -0.117. The highest BCUT2D eigenvalue weighted by Crippen LogP contribution is 2.41. The maximum atomic E-state index is 14.2. The molecule has 1 aliphatic heterocycles. The summed E-state index contributed by atoms with van der Waals surface area (Å²) in [6, 6.07) is 11.3. The van der Waals surface area contributed by atoms with Crippen LogP contribution in [0.5, 0.6) is 0 Å². The number of aliphatic hydroxyl groups is 1. The molecule has 0 unspecified atom stereocenters. The van der Waals surface area contributed by atoms with E-state index in [1.807, 2.05) is 0 Å². The molecule has 4 nitrogen and oxygen atoms in total. The van der Waals surface area contributed by atoms with Gasteiger partial charge in [0.05, 0.1) is 17.3 Å². The molecule has 24 heavy (non-hydrogen) atoms. The van der Waals surface area contributed by atoms with Gasteiger partial charge < -0.3 is 5.11 Å². The van der Waals surface area contributed by atoms with Crippen molar-refractivity contribution >= 4 is 29.0 Å². The van der Waals surface area contributed by atoms with Crippen molar-refractivity contribution in [2.75, 3.05) is 4.90 Å². The standard InChI is InChI=1S/C18H13ClFNO3/c1-10(22)15-16(11-6-8-12(19)9-7-11)21(18(24)17(15)23)14-5-3-2-4-13(14)20/h2-9,16,23H,1H3/t16-/m0/s1. The van der Waals surface area contributed by atoms with E-state index < -0.39 is 29.3 Å². The average molecular weight is 346 g/mol. The third kappa shape index (κ3) is 2.57. The Morgan fingerprint density at radius 2 is 1.79 bits per heavy atom. The molecule has 1 atom stereocenters. The summed E-state index contributed by atoms with van der Waals surface area (Å²) in [6.07, 6.45) is 0. The molecule has 6 heteroatoms. The van der Waals surface area contributed by atoms with Crippen LogP contribution in [0.25, 0.3) is 0 Å². The molecule has 0 saturated heterocycles. The Kier molecular flexibility index (Phi) is 4.11. The Hall–Kier alpha value is -2.66. The molecule has 1 amide bonds. The second kappa shape index (κ2) is 6.09. The Labute approximate surface area is 142 Å². The van der Waals surface area contributed by atoms with Gasteiger partial charge in [-0.1, -0.05) is 35.9 Å². The van der Waals surface area contributed by atoms with E-state index >= 15 is 0 Å². The second-order valence-corrected chi connectivity index (χ2v) is 5.84. The summed E-state index contributed by atoms with van der Waals surface area (Å²) in [5, 5.41) is 10.6. The third-order valence-corrected chi connectivity index (χ3v) is 4.14. The minimum atomic E-state index is -0.913. The highest BCUT2D eigenvalue weighted by atomic mass is 35.5. The van der Waals surface area contributed by atoms with Crippen molar-refractivity contribution in [3.05, 3.63) is 76.3 Å². The van der Waals surface area contributed by atoms with Gasteiger partial charge in [-0.05, 0) is 36.8 Å². The Bertz CT molecular complexity index is 861. The SMILES string of the molecule is CC(=O)C1=C(O)C(=O)N(c2ccccc2F)[C@H]1c1ccc(Cl)cc1. The maximum Gasteiger partial charge on any atom is 0.294 e. The Balaban J connectivity index is 2.21. The van der Waals surface area contributed by atoms with E-state index in [4.69, 9.17) is 11.6 Å². The molecule has 0 aromatic heterocycles. The van der Waals surface area contributed by atoms with Crippen LogP contribution in [0.2, 0.25) is 5.02 Å². The fourth-order valence-corrected chi connectivity index (χ4v) is 2.95. The second-order valence-electron chi connectivity index (χ2n) is 5.40. The van der Waals surface area contributed by atoms with Crippen LogP contribution in [0.3, 0.4) is 0 Å². The van der Waals surface area contributed by atoms with Crippen LogP contribution in [0.1, 0.15) is 18.5 Å². The van der Waals surface area contributed by atoms with Crippen molar-refractivity contribution in [2.45, 2.75) is 13.0 Å². The van der Waals surface area contributed by atoms with Crippen molar-refractivity contribution in [1.82, 2.24) is 0 Å². The van der Waals surface area contributed by atoms with Gasteiger partial charge in [-0.2, -0.15) is 0 Å². The number of anilines is 1. The highest BCUT2D eigenvalue weighted by Gasteiger charge is 2.44. The zero-order valence-electron chi connectivity index (χ0n) is 12.7. The number of nitrogens with zero attached hydrogens (tertiary/aromatic N) is 1. The molecule has 0 radical (unpaired) electrons. The van der Waals surface area contributed by atoms with Gasteiger partial charge in [-0.3, -0.25) is 14.5 Å². The lowest BCUT2D eigenvalue weighted by Gasteiger charge is -2.27. The molecule has 0 bridgehead atoms. The first-order valence-corrected chi connectivity index (χ1v) is 7.57. The van der Waals surface area contributed by atoms with Crippen LogP contribution < -0.4 is 4.90 Å². The minimum absolute atomic E-state index is 0.00903. The summed E-state index contributed by atoms with van der Waals surface area (Å²) in [4.78, 5) is 25.6. The summed E-state index contributed by atoms with van der Waals surface area (Å²) in [5.41, 5.74) is 0.473. The van der Waals surface area contributed by atoms with E-state index in [-0.39, 0.29) is 11.3 Å². The van der Waals surface area contributed by atoms with Crippen LogP contribution in [0, 0.1) is 5.82 Å². The summed E-state index contributed by atoms with van der Waals surface area (Å²) in [6.45, 7) is 1.26. The van der Waals surface area contributed by atoms with E-state index in [2.05, 4.69) is 0 Å². The van der Waals surface area contributed by atoms with Crippen LogP contribution in [0.15, 0.2) is 59.9 Å². The number of aliphatic hydroxyl groups excluding tert-OH is 1. The molecule has 2 aromatic carbocycles. The van der Waals surface area contributed by atoms with Crippen LogP contribution in [-0.2, 0) is 9.59 Å². The Morgan fingerprint density at radius 3 is 2.38 bits per heavy atom. The smallest absolute Gasteiger partial charge is 0.294 e.